The number of aromatic nitrogens is 1. The maximum absolute atomic E-state index is 12.2. The zero-order valence-electron chi connectivity index (χ0n) is 14.6. The van der Waals surface area contributed by atoms with Crippen molar-refractivity contribution in [3.8, 4) is 5.75 Å². The highest BCUT2D eigenvalue weighted by Gasteiger charge is 2.35. The van der Waals surface area contributed by atoms with Crippen molar-refractivity contribution in [1.29, 1.82) is 0 Å². The van der Waals surface area contributed by atoms with E-state index in [0.29, 0.717) is 13.1 Å². The summed E-state index contributed by atoms with van der Waals surface area (Å²) in [6.07, 6.45) is 2.43. The molecule has 1 aliphatic rings. The van der Waals surface area contributed by atoms with E-state index in [1.807, 2.05) is 40.0 Å². The van der Waals surface area contributed by atoms with Crippen LogP contribution in [-0.4, -0.2) is 48.8 Å². The summed E-state index contributed by atoms with van der Waals surface area (Å²) >= 11 is 0. The minimum absolute atomic E-state index is 0.0404. The van der Waals surface area contributed by atoms with Gasteiger partial charge in [0.2, 0.25) is 0 Å². The zero-order valence-corrected chi connectivity index (χ0v) is 14.6. The first kappa shape index (κ1) is 17.5. The summed E-state index contributed by atoms with van der Waals surface area (Å²) in [6, 6.07) is 3.81. The van der Waals surface area contributed by atoms with E-state index in [1.54, 1.807) is 18.2 Å². The lowest BCUT2D eigenvalue weighted by Gasteiger charge is -2.26. The van der Waals surface area contributed by atoms with Gasteiger partial charge in [0.15, 0.2) is 0 Å². The van der Waals surface area contributed by atoms with Crippen molar-refractivity contribution in [2.45, 2.75) is 38.8 Å². The van der Waals surface area contributed by atoms with E-state index in [1.165, 1.54) is 0 Å². The van der Waals surface area contributed by atoms with E-state index in [2.05, 4.69) is 10.3 Å². The lowest BCUT2D eigenvalue weighted by atomic mass is 9.95. The van der Waals surface area contributed by atoms with Crippen molar-refractivity contribution in [2.24, 2.45) is 5.92 Å². The largest absolute Gasteiger partial charge is 0.495 e. The van der Waals surface area contributed by atoms with Gasteiger partial charge in [0.25, 0.3) is 0 Å². The fourth-order valence-corrected chi connectivity index (χ4v) is 2.96. The van der Waals surface area contributed by atoms with Crippen molar-refractivity contribution in [3.05, 3.63) is 24.0 Å². The van der Waals surface area contributed by atoms with Crippen molar-refractivity contribution in [3.63, 3.8) is 0 Å². The fraction of sp³-hybridized carbons (Fsp3) is 0.647. The molecule has 1 saturated heterocycles. The predicted octanol–water partition coefficient (Wildman–Crippen LogP) is 2.61. The Balaban J connectivity index is 2.08. The van der Waals surface area contributed by atoms with Gasteiger partial charge in [-0.05, 0) is 52.3 Å². The van der Waals surface area contributed by atoms with Gasteiger partial charge in [-0.15, -0.1) is 0 Å². The second-order valence-electron chi connectivity index (χ2n) is 6.83. The van der Waals surface area contributed by atoms with Gasteiger partial charge in [0.05, 0.1) is 18.8 Å². The first-order valence-corrected chi connectivity index (χ1v) is 8.00. The van der Waals surface area contributed by atoms with Crippen LogP contribution in [0.15, 0.2) is 18.3 Å². The highest BCUT2D eigenvalue weighted by molar-refractivity contribution is 5.68. The summed E-state index contributed by atoms with van der Waals surface area (Å²) in [4.78, 5) is 18.5. The van der Waals surface area contributed by atoms with Crippen LogP contribution in [0.2, 0.25) is 0 Å². The molecule has 0 bridgehead atoms. The van der Waals surface area contributed by atoms with E-state index in [9.17, 15) is 4.79 Å². The van der Waals surface area contributed by atoms with Crippen molar-refractivity contribution in [1.82, 2.24) is 15.2 Å². The normalized spacial score (nSPS) is 19.5. The van der Waals surface area contributed by atoms with Gasteiger partial charge >= 0.3 is 6.09 Å². The second-order valence-corrected chi connectivity index (χ2v) is 6.83. The molecule has 2 rings (SSSR count). The Morgan fingerprint density at radius 1 is 1.48 bits per heavy atom. The fourth-order valence-electron chi connectivity index (χ4n) is 2.96. The third-order valence-corrected chi connectivity index (χ3v) is 3.97. The standard InChI is InChI=1S/C17H27N3O3/c1-17(2,3)23-16(21)20-10-8-12(11-20)14(18-4)15-13(22-5)7-6-9-19-15/h6-7,9,12,14,18H,8,10-11H2,1-5H3. The SMILES string of the molecule is CNC(c1ncccc1OC)C1CCN(C(=O)OC(C)(C)C)C1. The lowest BCUT2D eigenvalue weighted by Crippen LogP contribution is -2.36. The van der Waals surface area contributed by atoms with Crippen LogP contribution in [0.3, 0.4) is 0 Å². The molecule has 0 spiro atoms. The summed E-state index contributed by atoms with van der Waals surface area (Å²) < 4.78 is 10.9. The molecule has 1 fully saturated rings. The number of nitrogens with zero attached hydrogens (tertiary/aromatic N) is 2. The molecule has 2 heterocycles. The van der Waals surface area contributed by atoms with Crippen LogP contribution in [0.5, 0.6) is 5.75 Å². The molecule has 2 atom stereocenters. The smallest absolute Gasteiger partial charge is 0.410 e. The molecular formula is C17H27N3O3. The zero-order chi connectivity index (χ0) is 17.0. The van der Waals surface area contributed by atoms with E-state index in [-0.39, 0.29) is 18.1 Å². The van der Waals surface area contributed by atoms with Crippen LogP contribution in [0.1, 0.15) is 38.9 Å². The van der Waals surface area contributed by atoms with Gasteiger partial charge in [-0.2, -0.15) is 0 Å². The molecule has 1 aliphatic heterocycles. The monoisotopic (exact) mass is 321 g/mol. The molecule has 6 heteroatoms. The Morgan fingerprint density at radius 3 is 2.83 bits per heavy atom. The number of likely N-dealkylation sites (tertiary alicyclic amines) is 1. The van der Waals surface area contributed by atoms with Gasteiger partial charge in [-0.1, -0.05) is 0 Å². The third-order valence-electron chi connectivity index (χ3n) is 3.97. The predicted molar refractivity (Wildman–Crippen MR) is 88.5 cm³/mol. The van der Waals surface area contributed by atoms with E-state index >= 15 is 0 Å². The number of hydrogen-bond acceptors (Lipinski definition) is 5. The Bertz CT molecular complexity index is 542. The molecular weight excluding hydrogens is 294 g/mol. The number of carbonyl (C=O) groups excluding carboxylic acids is 1. The number of pyridine rings is 1. The lowest BCUT2D eigenvalue weighted by molar-refractivity contribution is 0.0285. The maximum Gasteiger partial charge on any atom is 0.410 e. The van der Waals surface area contributed by atoms with E-state index in [4.69, 9.17) is 9.47 Å². The minimum atomic E-state index is -0.470. The van der Waals surface area contributed by atoms with Crippen LogP contribution in [0, 0.1) is 5.92 Å². The molecule has 0 aromatic carbocycles. The number of nitrogens with one attached hydrogen (secondary N) is 1. The molecule has 0 radical (unpaired) electrons. The summed E-state index contributed by atoms with van der Waals surface area (Å²) in [5.74, 6) is 1.04. The number of methoxy groups -OCH3 is 1. The third kappa shape index (κ3) is 4.34. The van der Waals surface area contributed by atoms with Crippen LogP contribution in [-0.2, 0) is 4.74 Å². The van der Waals surface area contributed by atoms with E-state index < -0.39 is 5.60 Å². The Hall–Kier alpha value is -1.82. The summed E-state index contributed by atoms with van der Waals surface area (Å²) in [5, 5.41) is 3.32. The maximum atomic E-state index is 12.2. The van der Waals surface area contributed by atoms with Crippen molar-refractivity contribution >= 4 is 6.09 Å². The molecule has 23 heavy (non-hydrogen) atoms. The molecule has 0 aliphatic carbocycles. The van der Waals surface area contributed by atoms with Crippen LogP contribution < -0.4 is 10.1 Å². The minimum Gasteiger partial charge on any atom is -0.495 e. The highest BCUT2D eigenvalue weighted by atomic mass is 16.6. The number of amides is 1. The Kier molecular flexibility index (Phi) is 5.46. The Labute approximate surface area is 138 Å². The van der Waals surface area contributed by atoms with Crippen LogP contribution >= 0.6 is 0 Å². The first-order chi connectivity index (χ1) is 10.9. The molecule has 1 N–H and O–H groups in total. The van der Waals surface area contributed by atoms with Gasteiger partial charge in [-0.25, -0.2) is 4.79 Å². The van der Waals surface area contributed by atoms with Crippen LogP contribution in [0.25, 0.3) is 0 Å². The van der Waals surface area contributed by atoms with Crippen LogP contribution in [0.4, 0.5) is 4.79 Å². The molecule has 1 amide bonds. The highest BCUT2D eigenvalue weighted by Crippen LogP contribution is 2.33. The quantitative estimate of drug-likeness (QED) is 0.923. The molecule has 6 nitrogen and oxygen atoms in total. The molecule has 2 unspecified atom stereocenters. The molecule has 1 aromatic heterocycles. The molecule has 0 saturated carbocycles. The topological polar surface area (TPSA) is 63.7 Å². The Morgan fingerprint density at radius 2 is 2.22 bits per heavy atom. The number of ether oxygens (including phenoxy) is 2. The van der Waals surface area contributed by atoms with Crippen molar-refractivity contribution < 1.29 is 14.3 Å². The second kappa shape index (κ2) is 7.17. The number of rotatable bonds is 4. The van der Waals surface area contributed by atoms with Gasteiger partial charge < -0.3 is 19.7 Å². The van der Waals surface area contributed by atoms with Gasteiger partial charge in [-0.3, -0.25) is 4.98 Å². The summed E-state index contributed by atoms with van der Waals surface area (Å²) in [7, 11) is 3.56. The van der Waals surface area contributed by atoms with Gasteiger partial charge in [0.1, 0.15) is 11.4 Å². The van der Waals surface area contributed by atoms with Gasteiger partial charge in [0, 0.05) is 19.3 Å². The number of carbonyl (C=O) groups is 1. The average molecular weight is 321 g/mol. The summed E-state index contributed by atoms with van der Waals surface area (Å²) in [6.45, 7) is 7.00. The molecule has 1 aromatic rings. The van der Waals surface area contributed by atoms with E-state index in [0.717, 1.165) is 17.9 Å². The average Bonchev–Trinajstić information content (AvgIpc) is 2.97. The summed E-state index contributed by atoms with van der Waals surface area (Å²) in [5.41, 5.74) is 0.412. The number of hydrogen-bond donors (Lipinski definition) is 1. The molecule has 128 valence electrons. The first-order valence-electron chi connectivity index (χ1n) is 8.00. The van der Waals surface area contributed by atoms with Crippen molar-refractivity contribution in [2.75, 3.05) is 27.2 Å².